The molecule has 3 amide bonds. The molecule has 2 atom stereocenters. The van der Waals surface area contributed by atoms with Gasteiger partial charge in [0.25, 0.3) is 0 Å². The van der Waals surface area contributed by atoms with E-state index in [1.165, 1.54) is 40.5 Å². The molecule has 1 aliphatic heterocycles. The molecular weight excluding hydrogens is 459 g/mol. The number of carbonyl (C=O) groups is 3. The number of amides is 3. The lowest BCUT2D eigenvalue weighted by molar-refractivity contribution is -0.143. The van der Waals surface area contributed by atoms with E-state index < -0.39 is 17.4 Å². The first-order valence-electron chi connectivity index (χ1n) is 11.3. The molecule has 1 fully saturated rings. The van der Waals surface area contributed by atoms with Gasteiger partial charge in [0.1, 0.15) is 11.9 Å². The van der Waals surface area contributed by atoms with Gasteiger partial charge in [0, 0.05) is 43.1 Å². The van der Waals surface area contributed by atoms with Crippen LogP contribution < -0.4 is 10.6 Å². The molecule has 34 heavy (non-hydrogen) atoms. The third-order valence-electron chi connectivity index (χ3n) is 5.23. The Balaban J connectivity index is 1.83. The van der Waals surface area contributed by atoms with Gasteiger partial charge in [-0.15, -0.1) is 11.3 Å². The Hall–Kier alpha value is -2.85. The molecule has 184 valence electrons. The number of nitrogens with one attached hydrogen (secondary N) is 2. The lowest BCUT2D eigenvalue weighted by Gasteiger charge is -2.35. The monoisotopic (exact) mass is 490 g/mol. The number of halogens is 1. The number of ether oxygens (including phenoxy) is 1. The maximum atomic E-state index is 13.6. The SMILES string of the molecule is CC(C)(C)NC(=O)C(c1ccc(F)cc1)N(CC1CCCO1)C(=O)CCC(=O)Nc1nccs1. The maximum absolute atomic E-state index is 13.6. The van der Waals surface area contributed by atoms with E-state index in [0.717, 1.165) is 12.8 Å². The molecule has 8 nitrogen and oxygen atoms in total. The van der Waals surface area contributed by atoms with Crippen molar-refractivity contribution in [3.8, 4) is 0 Å². The second-order valence-corrected chi connectivity index (χ2v) is 10.2. The highest BCUT2D eigenvalue weighted by Gasteiger charge is 2.35. The molecule has 0 aliphatic carbocycles. The van der Waals surface area contributed by atoms with Gasteiger partial charge in [0.05, 0.1) is 6.10 Å². The summed E-state index contributed by atoms with van der Waals surface area (Å²) in [5, 5.41) is 7.80. The van der Waals surface area contributed by atoms with Gasteiger partial charge < -0.3 is 20.3 Å². The van der Waals surface area contributed by atoms with Gasteiger partial charge in [0.15, 0.2) is 5.13 Å². The predicted molar refractivity (Wildman–Crippen MR) is 128 cm³/mol. The van der Waals surface area contributed by atoms with Crippen molar-refractivity contribution >= 4 is 34.2 Å². The second-order valence-electron chi connectivity index (χ2n) is 9.26. The van der Waals surface area contributed by atoms with Crippen LogP contribution in [0.3, 0.4) is 0 Å². The van der Waals surface area contributed by atoms with Crippen molar-refractivity contribution in [3.05, 3.63) is 47.2 Å². The Bertz CT molecular complexity index is 970. The van der Waals surface area contributed by atoms with Gasteiger partial charge in [0.2, 0.25) is 17.7 Å². The fourth-order valence-electron chi connectivity index (χ4n) is 3.75. The van der Waals surface area contributed by atoms with Gasteiger partial charge in [-0.25, -0.2) is 9.37 Å². The van der Waals surface area contributed by atoms with Crippen LogP contribution in [-0.2, 0) is 19.1 Å². The third-order valence-corrected chi connectivity index (χ3v) is 5.92. The van der Waals surface area contributed by atoms with Crippen molar-refractivity contribution in [1.29, 1.82) is 0 Å². The van der Waals surface area contributed by atoms with E-state index in [9.17, 15) is 18.8 Å². The molecule has 0 saturated carbocycles. The first-order valence-corrected chi connectivity index (χ1v) is 12.2. The molecule has 0 radical (unpaired) electrons. The average molecular weight is 491 g/mol. The minimum Gasteiger partial charge on any atom is -0.376 e. The summed E-state index contributed by atoms with van der Waals surface area (Å²) in [7, 11) is 0. The molecule has 3 rings (SSSR count). The van der Waals surface area contributed by atoms with Crippen LogP contribution in [0.25, 0.3) is 0 Å². The number of aromatic nitrogens is 1. The molecule has 10 heteroatoms. The van der Waals surface area contributed by atoms with Crippen LogP contribution in [-0.4, -0.2) is 52.4 Å². The molecule has 2 unspecified atom stereocenters. The van der Waals surface area contributed by atoms with Crippen LogP contribution in [0.1, 0.15) is 58.1 Å². The van der Waals surface area contributed by atoms with E-state index in [0.29, 0.717) is 17.3 Å². The first-order chi connectivity index (χ1) is 16.1. The summed E-state index contributed by atoms with van der Waals surface area (Å²) in [5.41, 5.74) is -0.0524. The molecule has 1 aromatic carbocycles. The molecule has 2 N–H and O–H groups in total. The normalized spacial score (nSPS) is 16.6. The summed E-state index contributed by atoms with van der Waals surface area (Å²) in [6.07, 6.45) is 2.86. The van der Waals surface area contributed by atoms with Crippen LogP contribution in [0.2, 0.25) is 0 Å². The number of thiazole rings is 1. The van der Waals surface area contributed by atoms with Crippen molar-refractivity contribution < 1.29 is 23.5 Å². The summed E-state index contributed by atoms with van der Waals surface area (Å²) < 4.78 is 19.4. The van der Waals surface area contributed by atoms with Gasteiger partial charge >= 0.3 is 0 Å². The number of hydrogen-bond acceptors (Lipinski definition) is 6. The largest absolute Gasteiger partial charge is 0.376 e. The standard InChI is InChI=1S/C24H31FN4O4S/c1-24(2,3)28-22(32)21(16-6-8-17(25)9-7-16)29(15-18-5-4-13-33-18)20(31)11-10-19(30)27-23-26-12-14-34-23/h6-9,12,14,18,21H,4-5,10-11,13,15H2,1-3H3,(H,28,32)(H,26,27,30). The smallest absolute Gasteiger partial charge is 0.247 e. The lowest BCUT2D eigenvalue weighted by Crippen LogP contribution is -2.50. The highest BCUT2D eigenvalue weighted by atomic mass is 32.1. The van der Waals surface area contributed by atoms with E-state index in [1.54, 1.807) is 11.6 Å². The molecule has 1 aliphatic rings. The highest BCUT2D eigenvalue weighted by Crippen LogP contribution is 2.27. The number of hydrogen-bond donors (Lipinski definition) is 2. The minimum absolute atomic E-state index is 0.0581. The Morgan fingerprint density at radius 2 is 1.97 bits per heavy atom. The highest BCUT2D eigenvalue weighted by molar-refractivity contribution is 7.13. The Labute approximate surface area is 202 Å². The molecule has 2 aromatic rings. The number of nitrogens with zero attached hydrogens (tertiary/aromatic N) is 2. The van der Waals surface area contributed by atoms with Crippen molar-refractivity contribution in [3.63, 3.8) is 0 Å². The number of rotatable bonds is 9. The number of anilines is 1. The molecular formula is C24H31FN4O4S. The van der Waals surface area contributed by atoms with Gasteiger partial charge in [-0.3, -0.25) is 14.4 Å². The quantitative estimate of drug-likeness (QED) is 0.559. The summed E-state index contributed by atoms with van der Waals surface area (Å²) in [6.45, 7) is 6.34. The maximum Gasteiger partial charge on any atom is 0.247 e. The van der Waals surface area contributed by atoms with E-state index in [1.807, 2.05) is 20.8 Å². The van der Waals surface area contributed by atoms with Crippen molar-refractivity contribution in [2.24, 2.45) is 0 Å². The Morgan fingerprint density at radius 3 is 2.56 bits per heavy atom. The number of carbonyl (C=O) groups excluding carboxylic acids is 3. The summed E-state index contributed by atoms with van der Waals surface area (Å²) >= 11 is 1.29. The van der Waals surface area contributed by atoms with E-state index in [4.69, 9.17) is 4.74 Å². The average Bonchev–Trinajstić information content (AvgIpc) is 3.46. The van der Waals surface area contributed by atoms with Gasteiger partial charge in [-0.05, 0) is 51.3 Å². The van der Waals surface area contributed by atoms with E-state index in [-0.39, 0.29) is 43.2 Å². The van der Waals surface area contributed by atoms with Gasteiger partial charge in [-0.2, -0.15) is 0 Å². The summed E-state index contributed by atoms with van der Waals surface area (Å²) in [6, 6.07) is 4.56. The second kappa shape index (κ2) is 11.5. The van der Waals surface area contributed by atoms with Crippen LogP contribution in [0, 0.1) is 5.82 Å². The van der Waals surface area contributed by atoms with Crippen LogP contribution in [0.4, 0.5) is 9.52 Å². The van der Waals surface area contributed by atoms with Crippen LogP contribution in [0.15, 0.2) is 35.8 Å². The Morgan fingerprint density at radius 1 is 1.24 bits per heavy atom. The lowest BCUT2D eigenvalue weighted by atomic mass is 10.00. The zero-order chi connectivity index (χ0) is 24.7. The molecule has 2 heterocycles. The van der Waals surface area contributed by atoms with Gasteiger partial charge in [-0.1, -0.05) is 12.1 Å². The number of benzene rings is 1. The summed E-state index contributed by atoms with van der Waals surface area (Å²) in [5.74, 6) is -1.51. The topological polar surface area (TPSA) is 101 Å². The predicted octanol–water partition coefficient (Wildman–Crippen LogP) is 3.66. The fraction of sp³-hybridized carbons (Fsp3) is 0.500. The van der Waals surface area contributed by atoms with Crippen LogP contribution >= 0.6 is 11.3 Å². The summed E-state index contributed by atoms with van der Waals surface area (Å²) in [4.78, 5) is 44.6. The molecule has 1 aromatic heterocycles. The zero-order valence-electron chi connectivity index (χ0n) is 19.7. The molecule has 0 bridgehead atoms. The fourth-order valence-corrected chi connectivity index (χ4v) is 4.29. The van der Waals surface area contributed by atoms with Crippen molar-refractivity contribution in [2.45, 2.75) is 64.1 Å². The Kier molecular flexibility index (Phi) is 8.73. The zero-order valence-corrected chi connectivity index (χ0v) is 20.5. The van der Waals surface area contributed by atoms with Crippen LogP contribution in [0.5, 0.6) is 0 Å². The molecule has 1 saturated heterocycles. The van der Waals surface area contributed by atoms with Crippen molar-refractivity contribution in [1.82, 2.24) is 15.2 Å². The first kappa shape index (κ1) is 25.8. The third kappa shape index (κ3) is 7.59. The van der Waals surface area contributed by atoms with E-state index >= 15 is 0 Å². The van der Waals surface area contributed by atoms with E-state index in [2.05, 4.69) is 15.6 Å². The molecule has 0 spiro atoms. The van der Waals surface area contributed by atoms with Crippen molar-refractivity contribution in [2.75, 3.05) is 18.5 Å². The minimum atomic E-state index is -0.987.